The Balaban J connectivity index is 2.28. The monoisotopic (exact) mass is 270 g/mol. The van der Waals surface area contributed by atoms with Crippen LogP contribution in [0.15, 0.2) is 30.5 Å². The first kappa shape index (κ1) is 13.1. The van der Waals surface area contributed by atoms with E-state index in [4.69, 9.17) is 0 Å². The second-order valence-corrected chi connectivity index (χ2v) is 3.70. The van der Waals surface area contributed by atoms with Crippen LogP contribution in [0.25, 0.3) is 11.4 Å². The summed E-state index contributed by atoms with van der Waals surface area (Å²) >= 11 is 0. The van der Waals surface area contributed by atoms with E-state index in [1.165, 1.54) is 25.4 Å². The van der Waals surface area contributed by atoms with Gasteiger partial charge in [-0.15, -0.1) is 0 Å². The highest BCUT2D eigenvalue weighted by atomic mass is 19.4. The van der Waals surface area contributed by atoms with Gasteiger partial charge in [0.05, 0.1) is 12.7 Å². The molecule has 1 aromatic carbocycles. The Hall–Kier alpha value is -2.31. The number of carbonyl (C=O) groups is 1. The Morgan fingerprint density at radius 1 is 1.26 bits per heavy atom. The van der Waals surface area contributed by atoms with Crippen molar-refractivity contribution in [3.05, 3.63) is 41.7 Å². The number of halogens is 3. The Bertz CT molecular complexity index is 588. The molecule has 0 aliphatic carbocycles. The standard InChI is InChI=1S/C12H9F3N2O2/c1-19-11(18)9-6-16-10(17-9)7-2-4-8(5-3-7)12(13,14)15/h2-6H,1H3,(H,16,17). The molecule has 2 aromatic rings. The first-order chi connectivity index (χ1) is 8.91. The van der Waals surface area contributed by atoms with Gasteiger partial charge in [0.15, 0.2) is 5.69 Å². The first-order valence-electron chi connectivity index (χ1n) is 5.23. The number of H-pyrrole nitrogens is 1. The Morgan fingerprint density at radius 2 is 1.89 bits per heavy atom. The molecule has 2 rings (SSSR count). The number of imidazole rings is 1. The summed E-state index contributed by atoms with van der Waals surface area (Å²) in [6.07, 6.45) is -3.04. The third kappa shape index (κ3) is 2.75. The molecule has 0 saturated carbocycles. The summed E-state index contributed by atoms with van der Waals surface area (Å²) in [5.41, 5.74) is -0.225. The normalized spacial score (nSPS) is 11.4. The van der Waals surface area contributed by atoms with Crippen LogP contribution in [-0.2, 0) is 10.9 Å². The zero-order valence-corrected chi connectivity index (χ0v) is 9.78. The van der Waals surface area contributed by atoms with Crippen LogP contribution in [0.3, 0.4) is 0 Å². The fraction of sp³-hybridized carbons (Fsp3) is 0.167. The molecule has 0 fully saturated rings. The van der Waals surface area contributed by atoms with Crippen molar-refractivity contribution in [3.63, 3.8) is 0 Å². The Morgan fingerprint density at radius 3 is 2.42 bits per heavy atom. The SMILES string of the molecule is COC(=O)c1c[nH]c(-c2ccc(C(F)(F)F)cc2)n1. The summed E-state index contributed by atoms with van der Waals surface area (Å²) in [6.45, 7) is 0. The van der Waals surface area contributed by atoms with Gasteiger partial charge in [0, 0.05) is 11.8 Å². The number of nitrogens with zero attached hydrogens (tertiary/aromatic N) is 1. The van der Waals surface area contributed by atoms with Crippen LogP contribution >= 0.6 is 0 Å². The van der Waals surface area contributed by atoms with Crippen molar-refractivity contribution in [1.29, 1.82) is 0 Å². The van der Waals surface area contributed by atoms with Gasteiger partial charge in [-0.1, -0.05) is 12.1 Å². The molecule has 0 radical (unpaired) electrons. The minimum absolute atomic E-state index is 0.0670. The predicted octanol–water partition coefficient (Wildman–Crippen LogP) is 2.88. The lowest BCUT2D eigenvalue weighted by atomic mass is 10.1. The molecular weight excluding hydrogens is 261 g/mol. The van der Waals surface area contributed by atoms with Gasteiger partial charge in [-0.3, -0.25) is 0 Å². The number of esters is 1. The van der Waals surface area contributed by atoms with Crippen molar-refractivity contribution >= 4 is 5.97 Å². The smallest absolute Gasteiger partial charge is 0.416 e. The number of methoxy groups -OCH3 is 1. The van der Waals surface area contributed by atoms with Crippen LogP contribution < -0.4 is 0 Å². The molecule has 0 aliphatic rings. The highest BCUT2D eigenvalue weighted by Gasteiger charge is 2.30. The molecule has 19 heavy (non-hydrogen) atoms. The maximum atomic E-state index is 12.4. The van der Waals surface area contributed by atoms with E-state index < -0.39 is 17.7 Å². The van der Waals surface area contributed by atoms with E-state index in [1.54, 1.807) is 0 Å². The summed E-state index contributed by atoms with van der Waals surface area (Å²) in [5, 5.41) is 0. The molecule has 1 aromatic heterocycles. The number of alkyl halides is 3. The number of ether oxygens (including phenoxy) is 1. The topological polar surface area (TPSA) is 55.0 Å². The molecule has 7 heteroatoms. The van der Waals surface area contributed by atoms with Crippen molar-refractivity contribution in [3.8, 4) is 11.4 Å². The van der Waals surface area contributed by atoms with E-state index in [-0.39, 0.29) is 5.69 Å². The molecule has 0 spiro atoms. The summed E-state index contributed by atoms with van der Waals surface area (Å²) in [6, 6.07) is 4.47. The average Bonchev–Trinajstić information content (AvgIpc) is 2.86. The van der Waals surface area contributed by atoms with E-state index in [1.807, 2.05) is 0 Å². The number of aromatic nitrogens is 2. The molecule has 0 amide bonds. The largest absolute Gasteiger partial charge is 0.464 e. The summed E-state index contributed by atoms with van der Waals surface area (Å²) < 4.78 is 41.7. The highest BCUT2D eigenvalue weighted by Crippen LogP contribution is 2.30. The molecule has 4 nitrogen and oxygen atoms in total. The van der Waals surface area contributed by atoms with Crippen molar-refractivity contribution in [2.75, 3.05) is 7.11 Å². The van der Waals surface area contributed by atoms with Crippen LogP contribution in [0.4, 0.5) is 13.2 Å². The van der Waals surface area contributed by atoms with E-state index >= 15 is 0 Å². The van der Waals surface area contributed by atoms with E-state index in [2.05, 4.69) is 14.7 Å². The second-order valence-electron chi connectivity index (χ2n) is 3.70. The van der Waals surface area contributed by atoms with Crippen molar-refractivity contribution < 1.29 is 22.7 Å². The zero-order valence-electron chi connectivity index (χ0n) is 9.78. The van der Waals surface area contributed by atoms with Crippen molar-refractivity contribution in [2.45, 2.75) is 6.18 Å². The van der Waals surface area contributed by atoms with Crippen molar-refractivity contribution in [1.82, 2.24) is 9.97 Å². The predicted molar refractivity (Wildman–Crippen MR) is 60.4 cm³/mol. The van der Waals surface area contributed by atoms with Gasteiger partial charge >= 0.3 is 12.1 Å². The fourth-order valence-electron chi connectivity index (χ4n) is 1.50. The summed E-state index contributed by atoms with van der Waals surface area (Å²) in [7, 11) is 1.22. The highest BCUT2D eigenvalue weighted by molar-refractivity contribution is 5.87. The van der Waals surface area contributed by atoms with E-state index in [9.17, 15) is 18.0 Å². The fourth-order valence-corrected chi connectivity index (χ4v) is 1.50. The number of hydrogen-bond acceptors (Lipinski definition) is 3. The maximum absolute atomic E-state index is 12.4. The number of rotatable bonds is 2. The minimum atomic E-state index is -4.38. The minimum Gasteiger partial charge on any atom is -0.464 e. The Kier molecular flexibility index (Phi) is 3.28. The third-order valence-electron chi connectivity index (χ3n) is 2.46. The van der Waals surface area contributed by atoms with Gasteiger partial charge in [-0.2, -0.15) is 13.2 Å². The molecule has 0 saturated heterocycles. The molecular formula is C12H9F3N2O2. The number of nitrogens with one attached hydrogen (secondary N) is 1. The van der Waals surface area contributed by atoms with Crippen LogP contribution in [0.1, 0.15) is 16.1 Å². The van der Waals surface area contributed by atoms with Gasteiger partial charge < -0.3 is 9.72 Å². The maximum Gasteiger partial charge on any atom is 0.416 e. The van der Waals surface area contributed by atoms with Gasteiger partial charge in [-0.05, 0) is 12.1 Å². The lowest BCUT2D eigenvalue weighted by Crippen LogP contribution is -2.04. The van der Waals surface area contributed by atoms with Crippen LogP contribution in [0.2, 0.25) is 0 Å². The quantitative estimate of drug-likeness (QED) is 0.854. The van der Waals surface area contributed by atoms with Gasteiger partial charge in [0.1, 0.15) is 5.82 Å². The molecule has 1 heterocycles. The Labute approximate surface area is 106 Å². The molecule has 1 N–H and O–H groups in total. The summed E-state index contributed by atoms with van der Waals surface area (Å²) in [4.78, 5) is 17.8. The zero-order chi connectivity index (χ0) is 14.0. The van der Waals surface area contributed by atoms with Crippen molar-refractivity contribution in [2.24, 2.45) is 0 Å². The molecule has 100 valence electrons. The third-order valence-corrected chi connectivity index (χ3v) is 2.46. The number of hydrogen-bond donors (Lipinski definition) is 1. The molecule has 0 bridgehead atoms. The van der Waals surface area contributed by atoms with E-state index in [0.717, 1.165) is 12.1 Å². The number of carbonyl (C=O) groups excluding carboxylic acids is 1. The molecule has 0 unspecified atom stereocenters. The summed E-state index contributed by atoms with van der Waals surface area (Å²) in [5.74, 6) is -0.316. The van der Waals surface area contributed by atoms with E-state index in [0.29, 0.717) is 11.4 Å². The van der Waals surface area contributed by atoms with Crippen LogP contribution in [0.5, 0.6) is 0 Å². The van der Waals surface area contributed by atoms with Gasteiger partial charge in [0.25, 0.3) is 0 Å². The molecule has 0 atom stereocenters. The lowest BCUT2D eigenvalue weighted by Gasteiger charge is -2.06. The second kappa shape index (κ2) is 4.75. The van der Waals surface area contributed by atoms with Gasteiger partial charge in [0.2, 0.25) is 0 Å². The first-order valence-corrected chi connectivity index (χ1v) is 5.23. The lowest BCUT2D eigenvalue weighted by molar-refractivity contribution is -0.137. The number of benzene rings is 1. The average molecular weight is 270 g/mol. The van der Waals surface area contributed by atoms with Crippen LogP contribution in [0, 0.1) is 0 Å². The molecule has 0 aliphatic heterocycles. The van der Waals surface area contributed by atoms with Gasteiger partial charge in [-0.25, -0.2) is 9.78 Å². The number of aromatic amines is 1. The van der Waals surface area contributed by atoms with Crippen LogP contribution in [-0.4, -0.2) is 23.0 Å².